The Morgan fingerprint density at radius 1 is 1.56 bits per heavy atom. The number of hydrogen-bond donors (Lipinski definition) is 0. The topological polar surface area (TPSA) is 109 Å². The molecule has 0 unspecified atom stereocenters. The van der Waals surface area contributed by atoms with E-state index in [-0.39, 0.29) is 23.4 Å². The Kier molecular flexibility index (Phi) is 4.24. The maximum Gasteiger partial charge on any atom is 0.488 e. The Morgan fingerprint density at radius 2 is 2.22 bits per heavy atom. The van der Waals surface area contributed by atoms with Gasteiger partial charge in [-0.2, -0.15) is 8.42 Å². The molecule has 96 valence electrons. The van der Waals surface area contributed by atoms with E-state index in [0.29, 0.717) is 11.8 Å². The van der Waals surface area contributed by atoms with Crippen LogP contribution >= 0.6 is 0 Å². The highest BCUT2D eigenvalue weighted by atomic mass is 32.3. The predicted octanol–water partition coefficient (Wildman–Crippen LogP) is 2.21. The van der Waals surface area contributed by atoms with Gasteiger partial charge in [0.05, 0.1) is 6.54 Å². The number of halogens is 1. The van der Waals surface area contributed by atoms with E-state index in [2.05, 4.69) is 14.2 Å². The van der Waals surface area contributed by atoms with Crippen molar-refractivity contribution < 1.29 is 21.3 Å². The zero-order chi connectivity index (χ0) is 13.8. The summed E-state index contributed by atoms with van der Waals surface area (Å²) in [5, 5.41) is 3.25. The molecule has 1 aromatic carbocycles. The van der Waals surface area contributed by atoms with Crippen LogP contribution in [0, 0.1) is 6.92 Å². The average Bonchev–Trinajstić information content (AvgIpc) is 2.28. The van der Waals surface area contributed by atoms with Gasteiger partial charge in [-0.15, -0.1) is 0 Å². The Balaban J connectivity index is 3.30. The molecule has 18 heavy (non-hydrogen) atoms. The number of benzene rings is 1. The SMILES string of the molecule is Cc1c(C=O)cc(CN=[N+]=[N-])cc1OS(=O)(=O)F. The molecule has 0 aromatic heterocycles. The van der Waals surface area contributed by atoms with E-state index in [0.717, 1.165) is 0 Å². The summed E-state index contributed by atoms with van der Waals surface area (Å²) in [6.45, 7) is 1.29. The zero-order valence-electron chi connectivity index (χ0n) is 9.20. The highest BCUT2D eigenvalue weighted by Crippen LogP contribution is 2.25. The van der Waals surface area contributed by atoms with Crippen molar-refractivity contribution in [2.75, 3.05) is 0 Å². The second kappa shape index (κ2) is 5.48. The van der Waals surface area contributed by atoms with Gasteiger partial charge in [0.1, 0.15) is 12.0 Å². The molecule has 0 aliphatic heterocycles. The second-order valence-electron chi connectivity index (χ2n) is 3.29. The van der Waals surface area contributed by atoms with Crippen LogP contribution in [0.15, 0.2) is 17.2 Å². The summed E-state index contributed by atoms with van der Waals surface area (Å²) >= 11 is 0. The largest absolute Gasteiger partial charge is 0.488 e. The fourth-order valence-corrected chi connectivity index (χ4v) is 1.68. The molecule has 0 bridgehead atoms. The lowest BCUT2D eigenvalue weighted by atomic mass is 10.0. The van der Waals surface area contributed by atoms with Crippen LogP contribution in [0.5, 0.6) is 5.75 Å². The van der Waals surface area contributed by atoms with Crippen molar-refractivity contribution in [3.8, 4) is 5.75 Å². The molecular formula is C9H8FN3O4S. The standard InChI is InChI=1S/C9H8FN3O4S/c1-6-8(5-14)2-7(4-12-13-11)3-9(6)17-18(10,15)16/h2-3,5H,4H2,1H3. The van der Waals surface area contributed by atoms with Crippen molar-refractivity contribution in [3.63, 3.8) is 0 Å². The van der Waals surface area contributed by atoms with Gasteiger partial charge in [0, 0.05) is 16.0 Å². The van der Waals surface area contributed by atoms with Gasteiger partial charge in [-0.3, -0.25) is 4.79 Å². The van der Waals surface area contributed by atoms with E-state index in [1.54, 1.807) is 0 Å². The third kappa shape index (κ3) is 3.72. The smallest absolute Gasteiger partial charge is 0.358 e. The van der Waals surface area contributed by atoms with Crippen molar-refractivity contribution >= 4 is 16.8 Å². The minimum Gasteiger partial charge on any atom is -0.358 e. The van der Waals surface area contributed by atoms with Crippen molar-refractivity contribution in [2.24, 2.45) is 5.11 Å². The molecule has 9 heteroatoms. The fourth-order valence-electron chi connectivity index (χ4n) is 1.29. The van der Waals surface area contributed by atoms with Gasteiger partial charge in [-0.1, -0.05) is 9.00 Å². The lowest BCUT2D eigenvalue weighted by Gasteiger charge is -2.08. The Bertz CT molecular complexity index is 623. The molecule has 1 rings (SSSR count). The molecule has 0 heterocycles. The van der Waals surface area contributed by atoms with Gasteiger partial charge < -0.3 is 4.18 Å². The summed E-state index contributed by atoms with van der Waals surface area (Å²) in [7, 11) is -5.18. The highest BCUT2D eigenvalue weighted by Gasteiger charge is 2.15. The minimum absolute atomic E-state index is 0.111. The number of rotatable bonds is 5. The van der Waals surface area contributed by atoms with Gasteiger partial charge in [-0.05, 0) is 30.2 Å². The van der Waals surface area contributed by atoms with Crippen molar-refractivity contribution in [1.82, 2.24) is 0 Å². The van der Waals surface area contributed by atoms with Gasteiger partial charge in [0.25, 0.3) is 0 Å². The molecule has 0 atom stereocenters. The Morgan fingerprint density at radius 3 is 2.72 bits per heavy atom. The first-order chi connectivity index (χ1) is 8.37. The lowest BCUT2D eigenvalue weighted by Crippen LogP contribution is -2.04. The van der Waals surface area contributed by atoms with E-state index in [9.17, 15) is 17.1 Å². The average molecular weight is 273 g/mol. The fraction of sp³-hybridized carbons (Fsp3) is 0.222. The molecule has 1 aromatic rings. The van der Waals surface area contributed by atoms with Crippen LogP contribution in [-0.4, -0.2) is 14.7 Å². The number of azide groups is 1. The van der Waals surface area contributed by atoms with E-state index < -0.39 is 10.5 Å². The number of aldehydes is 1. The first kappa shape index (κ1) is 13.9. The molecule has 0 aliphatic carbocycles. The molecule has 0 spiro atoms. The van der Waals surface area contributed by atoms with Gasteiger partial charge in [0.15, 0.2) is 0 Å². The summed E-state index contributed by atoms with van der Waals surface area (Å²) in [6.07, 6.45) is 0.465. The maximum atomic E-state index is 12.5. The molecule has 0 aliphatic rings. The van der Waals surface area contributed by atoms with Crippen LogP contribution in [0.25, 0.3) is 10.4 Å². The van der Waals surface area contributed by atoms with Crippen LogP contribution in [0.1, 0.15) is 21.5 Å². The maximum absolute atomic E-state index is 12.5. The first-order valence-corrected chi connectivity index (χ1v) is 5.92. The molecule has 0 amide bonds. The van der Waals surface area contributed by atoms with Crippen molar-refractivity contribution in [1.29, 1.82) is 0 Å². The summed E-state index contributed by atoms with van der Waals surface area (Å²) < 4.78 is 37.4. The van der Waals surface area contributed by atoms with Gasteiger partial charge >= 0.3 is 10.5 Å². The normalized spacial score (nSPS) is 10.6. The van der Waals surface area contributed by atoms with Crippen LogP contribution in [0.4, 0.5) is 3.89 Å². The number of nitrogens with zero attached hydrogens (tertiary/aromatic N) is 3. The molecule has 0 radical (unpaired) electrons. The molecule has 0 fully saturated rings. The van der Waals surface area contributed by atoms with E-state index in [1.165, 1.54) is 19.1 Å². The monoisotopic (exact) mass is 273 g/mol. The van der Waals surface area contributed by atoms with Crippen molar-refractivity contribution in [2.45, 2.75) is 13.5 Å². The molecule has 7 nitrogen and oxygen atoms in total. The van der Waals surface area contributed by atoms with Crippen LogP contribution < -0.4 is 4.18 Å². The first-order valence-electron chi connectivity index (χ1n) is 4.61. The quantitative estimate of drug-likeness (QED) is 0.269. The third-order valence-corrected chi connectivity index (χ3v) is 2.47. The molecular weight excluding hydrogens is 265 g/mol. The second-order valence-corrected chi connectivity index (χ2v) is 4.24. The minimum atomic E-state index is -5.18. The summed E-state index contributed by atoms with van der Waals surface area (Å²) in [5.41, 5.74) is 8.80. The van der Waals surface area contributed by atoms with Gasteiger partial charge in [0.2, 0.25) is 0 Å². The van der Waals surface area contributed by atoms with Crippen molar-refractivity contribution in [3.05, 3.63) is 39.3 Å². The summed E-state index contributed by atoms with van der Waals surface area (Å²) in [6, 6.07) is 2.59. The van der Waals surface area contributed by atoms with Crippen LogP contribution in [0.3, 0.4) is 0 Å². The van der Waals surface area contributed by atoms with Crippen LogP contribution in [0.2, 0.25) is 0 Å². The Labute approximate surface area is 102 Å². The Hall–Kier alpha value is -2.12. The zero-order valence-corrected chi connectivity index (χ0v) is 10.0. The van der Waals surface area contributed by atoms with E-state index in [4.69, 9.17) is 5.53 Å². The summed E-state index contributed by atoms with van der Waals surface area (Å²) in [5.74, 6) is -0.315. The van der Waals surface area contributed by atoms with Crippen LogP contribution in [-0.2, 0) is 17.0 Å². The third-order valence-electron chi connectivity index (χ3n) is 2.09. The molecule has 0 N–H and O–H groups in total. The highest BCUT2D eigenvalue weighted by molar-refractivity contribution is 7.81. The predicted molar refractivity (Wildman–Crippen MR) is 60.1 cm³/mol. The van der Waals surface area contributed by atoms with E-state index in [1.807, 2.05) is 0 Å². The number of carbonyl (C=O) groups is 1. The number of carbonyl (C=O) groups excluding carboxylic acids is 1. The molecule has 0 saturated carbocycles. The summed E-state index contributed by atoms with van der Waals surface area (Å²) in [4.78, 5) is 13.3. The lowest BCUT2D eigenvalue weighted by molar-refractivity contribution is 0.112. The molecule has 0 saturated heterocycles. The van der Waals surface area contributed by atoms with Gasteiger partial charge in [-0.25, -0.2) is 0 Å². The number of hydrogen-bond acceptors (Lipinski definition) is 5. The van der Waals surface area contributed by atoms with E-state index >= 15 is 0 Å².